The molecule has 7 heteroatoms. The van der Waals surface area contributed by atoms with Gasteiger partial charge in [-0.05, 0) is 12.0 Å². The first-order valence-electron chi connectivity index (χ1n) is 5.49. The molecule has 102 valence electrons. The van der Waals surface area contributed by atoms with Crippen LogP contribution in [0.4, 0.5) is 0 Å². The molecule has 0 heterocycles. The zero-order valence-electron chi connectivity index (χ0n) is 10.0. The van der Waals surface area contributed by atoms with Crippen molar-refractivity contribution in [1.29, 1.82) is 0 Å². The standard InChI is InChI=1S/C12H14BrN3O3/c13-8(6-7-4-2-1-3-5-7)12(19)16-9(10(14)17)11(15)18/h1-5,8-9H,6H2,(H2,14,17)(H2,15,18)(H,16,19)/t8-/m1/s1. The molecular weight excluding hydrogens is 314 g/mol. The molecule has 0 aliphatic rings. The van der Waals surface area contributed by atoms with Crippen LogP contribution in [-0.4, -0.2) is 28.6 Å². The Balaban J connectivity index is 2.62. The van der Waals surface area contributed by atoms with Crippen molar-refractivity contribution < 1.29 is 14.4 Å². The Hall–Kier alpha value is -1.89. The third-order valence-corrected chi connectivity index (χ3v) is 3.14. The highest BCUT2D eigenvalue weighted by molar-refractivity contribution is 9.10. The molecule has 3 amide bonds. The molecule has 0 spiro atoms. The number of primary amides is 2. The average molecular weight is 328 g/mol. The van der Waals surface area contributed by atoms with E-state index in [1.54, 1.807) is 0 Å². The number of halogens is 1. The monoisotopic (exact) mass is 327 g/mol. The van der Waals surface area contributed by atoms with Gasteiger partial charge < -0.3 is 16.8 Å². The summed E-state index contributed by atoms with van der Waals surface area (Å²) >= 11 is 3.19. The lowest BCUT2D eigenvalue weighted by Gasteiger charge is -2.15. The minimum absolute atomic E-state index is 0.414. The average Bonchev–Trinajstić information content (AvgIpc) is 2.35. The first-order valence-corrected chi connectivity index (χ1v) is 6.40. The van der Waals surface area contributed by atoms with E-state index in [1.807, 2.05) is 30.3 Å². The summed E-state index contributed by atoms with van der Waals surface area (Å²) in [6, 6.07) is 7.79. The minimum atomic E-state index is -1.50. The molecule has 0 aliphatic heterocycles. The van der Waals surface area contributed by atoms with Crippen LogP contribution in [0.2, 0.25) is 0 Å². The van der Waals surface area contributed by atoms with Gasteiger partial charge in [-0.3, -0.25) is 14.4 Å². The SMILES string of the molecule is NC(=O)C(NC(=O)[C@H](Br)Cc1ccccc1)C(N)=O. The number of carbonyl (C=O) groups excluding carboxylic acids is 3. The summed E-state index contributed by atoms with van der Waals surface area (Å²) in [6.45, 7) is 0. The second-order valence-corrected chi connectivity index (χ2v) is 5.01. The number of carbonyl (C=O) groups is 3. The van der Waals surface area contributed by atoms with Crippen LogP contribution in [0.15, 0.2) is 30.3 Å². The Morgan fingerprint density at radius 3 is 2.11 bits per heavy atom. The molecule has 0 saturated heterocycles. The smallest absolute Gasteiger partial charge is 0.249 e. The summed E-state index contributed by atoms with van der Waals surface area (Å²) in [5.74, 6) is -2.49. The molecule has 0 bridgehead atoms. The Morgan fingerprint density at radius 2 is 1.63 bits per heavy atom. The molecule has 1 aromatic carbocycles. The van der Waals surface area contributed by atoms with Gasteiger partial charge in [-0.15, -0.1) is 0 Å². The van der Waals surface area contributed by atoms with E-state index in [0.29, 0.717) is 6.42 Å². The second-order valence-electron chi connectivity index (χ2n) is 3.90. The number of alkyl halides is 1. The topological polar surface area (TPSA) is 115 Å². The molecule has 5 N–H and O–H groups in total. The maximum Gasteiger partial charge on any atom is 0.249 e. The summed E-state index contributed by atoms with van der Waals surface area (Å²) in [7, 11) is 0. The summed E-state index contributed by atoms with van der Waals surface area (Å²) in [5.41, 5.74) is 10.9. The van der Waals surface area contributed by atoms with Gasteiger partial charge in [0.25, 0.3) is 0 Å². The largest absolute Gasteiger partial charge is 0.367 e. The highest BCUT2D eigenvalue weighted by Crippen LogP contribution is 2.10. The molecule has 0 saturated carbocycles. The second kappa shape index (κ2) is 6.89. The van der Waals surface area contributed by atoms with Crippen molar-refractivity contribution in [2.24, 2.45) is 11.5 Å². The molecule has 1 aromatic rings. The van der Waals surface area contributed by atoms with Gasteiger partial charge in [0.15, 0.2) is 6.04 Å². The van der Waals surface area contributed by atoms with Gasteiger partial charge >= 0.3 is 0 Å². The Morgan fingerprint density at radius 1 is 1.11 bits per heavy atom. The van der Waals surface area contributed by atoms with E-state index < -0.39 is 28.6 Å². The maximum absolute atomic E-state index is 11.8. The third-order valence-electron chi connectivity index (χ3n) is 2.40. The number of nitrogens with two attached hydrogens (primary N) is 2. The zero-order chi connectivity index (χ0) is 14.4. The van der Waals surface area contributed by atoms with Crippen molar-refractivity contribution in [2.45, 2.75) is 17.3 Å². The maximum atomic E-state index is 11.8. The molecule has 1 rings (SSSR count). The first-order chi connectivity index (χ1) is 8.91. The number of hydrogen-bond donors (Lipinski definition) is 3. The van der Waals surface area contributed by atoms with Crippen LogP contribution in [0.1, 0.15) is 5.56 Å². The number of hydrogen-bond acceptors (Lipinski definition) is 3. The Bertz CT molecular complexity index is 464. The van der Waals surface area contributed by atoms with E-state index in [0.717, 1.165) is 5.56 Å². The van der Waals surface area contributed by atoms with E-state index in [-0.39, 0.29) is 0 Å². The lowest BCUT2D eigenvalue weighted by Crippen LogP contribution is -2.54. The Kier molecular flexibility index (Phi) is 5.50. The van der Waals surface area contributed by atoms with Crippen LogP contribution in [0, 0.1) is 0 Å². The molecule has 0 fully saturated rings. The Labute approximate surface area is 118 Å². The van der Waals surface area contributed by atoms with Gasteiger partial charge in [-0.25, -0.2) is 0 Å². The van der Waals surface area contributed by atoms with Crippen molar-refractivity contribution in [2.75, 3.05) is 0 Å². The number of amides is 3. The number of rotatable bonds is 6. The van der Waals surface area contributed by atoms with Crippen LogP contribution >= 0.6 is 15.9 Å². The fourth-order valence-corrected chi connectivity index (χ4v) is 1.93. The first kappa shape index (κ1) is 15.2. The molecule has 0 aliphatic carbocycles. The summed E-state index contributed by atoms with van der Waals surface area (Å²) < 4.78 is 0. The number of nitrogens with one attached hydrogen (secondary N) is 1. The predicted molar refractivity (Wildman–Crippen MR) is 73.2 cm³/mol. The van der Waals surface area contributed by atoms with Crippen molar-refractivity contribution >= 4 is 33.7 Å². The van der Waals surface area contributed by atoms with Gasteiger partial charge in [0, 0.05) is 0 Å². The van der Waals surface area contributed by atoms with E-state index >= 15 is 0 Å². The van der Waals surface area contributed by atoms with Gasteiger partial charge in [0.05, 0.1) is 4.83 Å². The van der Waals surface area contributed by atoms with Crippen LogP contribution < -0.4 is 16.8 Å². The van der Waals surface area contributed by atoms with Crippen molar-refractivity contribution in [3.05, 3.63) is 35.9 Å². The highest BCUT2D eigenvalue weighted by Gasteiger charge is 2.26. The summed E-state index contributed by atoms with van der Waals surface area (Å²) in [6.07, 6.45) is 0.414. The molecule has 1 atom stereocenters. The van der Waals surface area contributed by atoms with Crippen LogP contribution in [0.5, 0.6) is 0 Å². The minimum Gasteiger partial charge on any atom is -0.367 e. The molecule has 6 nitrogen and oxygen atoms in total. The van der Waals surface area contributed by atoms with Crippen molar-refractivity contribution in [1.82, 2.24) is 5.32 Å². The molecular formula is C12H14BrN3O3. The van der Waals surface area contributed by atoms with Gasteiger partial charge in [-0.2, -0.15) is 0 Å². The molecule has 0 radical (unpaired) electrons. The molecule has 0 unspecified atom stereocenters. The van der Waals surface area contributed by atoms with Gasteiger partial charge in [0.2, 0.25) is 17.7 Å². The van der Waals surface area contributed by atoms with E-state index in [1.165, 1.54) is 0 Å². The molecule has 19 heavy (non-hydrogen) atoms. The predicted octanol–water partition coefficient (Wildman–Crippen LogP) is -0.552. The normalized spacial score (nSPS) is 11.9. The fourth-order valence-electron chi connectivity index (χ4n) is 1.43. The molecule has 0 aromatic heterocycles. The fraction of sp³-hybridized carbons (Fsp3) is 0.250. The quantitative estimate of drug-likeness (QED) is 0.480. The van der Waals surface area contributed by atoms with Crippen molar-refractivity contribution in [3.63, 3.8) is 0 Å². The lowest BCUT2D eigenvalue weighted by atomic mass is 10.1. The van der Waals surface area contributed by atoms with Crippen LogP contribution in [0.25, 0.3) is 0 Å². The van der Waals surface area contributed by atoms with Crippen LogP contribution in [-0.2, 0) is 20.8 Å². The zero-order valence-corrected chi connectivity index (χ0v) is 11.6. The summed E-state index contributed by atoms with van der Waals surface area (Å²) in [4.78, 5) is 33.1. The lowest BCUT2D eigenvalue weighted by molar-refractivity contribution is -0.133. The summed E-state index contributed by atoms with van der Waals surface area (Å²) in [5, 5.41) is 2.20. The number of benzene rings is 1. The van der Waals surface area contributed by atoms with E-state index in [4.69, 9.17) is 11.5 Å². The van der Waals surface area contributed by atoms with Gasteiger partial charge in [-0.1, -0.05) is 46.3 Å². The third kappa shape index (κ3) is 4.70. The van der Waals surface area contributed by atoms with E-state index in [9.17, 15) is 14.4 Å². The van der Waals surface area contributed by atoms with Crippen molar-refractivity contribution in [3.8, 4) is 0 Å². The van der Waals surface area contributed by atoms with Crippen LogP contribution in [0.3, 0.4) is 0 Å². The highest BCUT2D eigenvalue weighted by atomic mass is 79.9. The van der Waals surface area contributed by atoms with E-state index in [2.05, 4.69) is 21.2 Å². The van der Waals surface area contributed by atoms with Gasteiger partial charge in [0.1, 0.15) is 0 Å².